The Kier molecular flexibility index (Phi) is 10.9. The summed E-state index contributed by atoms with van der Waals surface area (Å²) < 4.78 is 6.40. The fraction of sp³-hybridized carbons (Fsp3) is 0.522. The van der Waals surface area contributed by atoms with Crippen LogP contribution >= 0.6 is 24.0 Å². The first kappa shape index (κ1) is 24.4. The molecule has 1 aromatic rings. The minimum absolute atomic E-state index is 0.0241. The Hall–Kier alpha value is -1.86. The predicted octanol–water partition coefficient (Wildman–Crippen LogP) is 5.88. The van der Waals surface area contributed by atoms with Gasteiger partial charge in [0.1, 0.15) is 10.1 Å². The predicted molar refractivity (Wildman–Crippen MR) is 127 cm³/mol. The van der Waals surface area contributed by atoms with Crippen molar-refractivity contribution in [1.29, 1.82) is 0 Å². The summed E-state index contributed by atoms with van der Waals surface area (Å²) >= 11 is 6.79. The van der Waals surface area contributed by atoms with E-state index in [9.17, 15) is 9.59 Å². The number of carboxylic acids is 1. The molecule has 0 radical (unpaired) electrons. The molecule has 5 nitrogen and oxygen atoms in total. The molecule has 0 saturated carbocycles. The maximum absolute atomic E-state index is 12.8. The number of ether oxygens (including phenoxy) is 1. The van der Waals surface area contributed by atoms with Gasteiger partial charge in [0.15, 0.2) is 0 Å². The Balaban J connectivity index is 1.77. The first-order chi connectivity index (χ1) is 14.5. The molecule has 1 aliphatic rings. The number of carboxylic acid groups (broad SMARTS) is 1. The minimum Gasteiger partial charge on any atom is -0.493 e. The van der Waals surface area contributed by atoms with E-state index < -0.39 is 5.97 Å². The highest BCUT2D eigenvalue weighted by atomic mass is 32.2. The normalized spacial score (nSPS) is 15.2. The number of thioether (sulfide) groups is 1. The zero-order valence-electron chi connectivity index (χ0n) is 17.6. The maximum atomic E-state index is 12.8. The lowest BCUT2D eigenvalue weighted by atomic mass is 10.1. The van der Waals surface area contributed by atoms with Crippen LogP contribution in [-0.2, 0) is 9.59 Å². The molecule has 1 fully saturated rings. The van der Waals surface area contributed by atoms with Gasteiger partial charge in [0, 0.05) is 18.5 Å². The number of nitrogens with zero attached hydrogens (tertiary/aromatic N) is 1. The smallest absolute Gasteiger partial charge is 0.303 e. The Bertz CT molecular complexity index is 763. The van der Waals surface area contributed by atoms with Crippen LogP contribution in [0.5, 0.6) is 5.75 Å². The minimum atomic E-state index is -0.718. The van der Waals surface area contributed by atoms with E-state index in [0.717, 1.165) is 62.7 Å². The zero-order valence-corrected chi connectivity index (χ0v) is 19.2. The second-order valence-electron chi connectivity index (χ2n) is 7.34. The second-order valence-corrected chi connectivity index (χ2v) is 9.01. The molecule has 1 aromatic carbocycles. The average Bonchev–Trinajstić information content (AvgIpc) is 2.98. The van der Waals surface area contributed by atoms with Gasteiger partial charge in [0.25, 0.3) is 5.91 Å². The topological polar surface area (TPSA) is 66.8 Å². The summed E-state index contributed by atoms with van der Waals surface area (Å²) in [6.07, 6.45) is 10.0. The van der Waals surface area contributed by atoms with Crippen molar-refractivity contribution >= 4 is 46.3 Å². The molecule has 1 aliphatic heterocycles. The van der Waals surface area contributed by atoms with Gasteiger partial charge < -0.3 is 9.84 Å². The van der Waals surface area contributed by atoms with Gasteiger partial charge >= 0.3 is 5.97 Å². The quantitative estimate of drug-likeness (QED) is 0.217. The number of thiocarbonyl (C=S) groups is 1. The first-order valence-corrected chi connectivity index (χ1v) is 11.9. The summed E-state index contributed by atoms with van der Waals surface area (Å²) in [6.45, 7) is 3.35. The van der Waals surface area contributed by atoms with E-state index in [2.05, 4.69) is 6.92 Å². The standard InChI is InChI=1S/C23H31NO4S2/c1-2-16-28-19-13-10-9-12-18(19)17-20-22(27)24(23(29)30-20)15-11-7-5-3-4-6-8-14-21(25)26/h9-10,12-13,17H,2-8,11,14-16H2,1H3,(H,25,26)/b20-17-. The van der Waals surface area contributed by atoms with Crippen LogP contribution < -0.4 is 4.74 Å². The van der Waals surface area contributed by atoms with E-state index in [-0.39, 0.29) is 12.3 Å². The molecule has 1 heterocycles. The number of amides is 1. The van der Waals surface area contributed by atoms with Crippen molar-refractivity contribution in [3.63, 3.8) is 0 Å². The van der Waals surface area contributed by atoms with Gasteiger partial charge in [-0.3, -0.25) is 14.5 Å². The SMILES string of the molecule is CCCOc1ccccc1/C=C1\SC(=S)N(CCCCCCCCCC(=O)O)C1=O. The van der Waals surface area contributed by atoms with Gasteiger partial charge in [0.2, 0.25) is 0 Å². The third-order valence-electron chi connectivity index (χ3n) is 4.81. The van der Waals surface area contributed by atoms with Crippen molar-refractivity contribution in [3.05, 3.63) is 34.7 Å². The van der Waals surface area contributed by atoms with Crippen molar-refractivity contribution in [3.8, 4) is 5.75 Å². The van der Waals surface area contributed by atoms with Crippen LogP contribution in [0.25, 0.3) is 6.08 Å². The molecule has 1 N–H and O–H groups in total. The molecular formula is C23H31NO4S2. The molecule has 0 atom stereocenters. The molecule has 1 saturated heterocycles. The van der Waals surface area contributed by atoms with Gasteiger partial charge in [-0.15, -0.1) is 0 Å². The number of carbonyl (C=O) groups is 2. The molecule has 0 aliphatic carbocycles. The van der Waals surface area contributed by atoms with Gasteiger partial charge in [0.05, 0.1) is 11.5 Å². The van der Waals surface area contributed by atoms with Crippen LogP contribution in [0.3, 0.4) is 0 Å². The lowest BCUT2D eigenvalue weighted by Crippen LogP contribution is -2.29. The van der Waals surface area contributed by atoms with Crippen LogP contribution in [0.1, 0.15) is 70.3 Å². The summed E-state index contributed by atoms with van der Waals surface area (Å²) in [4.78, 5) is 25.6. The molecule has 164 valence electrons. The van der Waals surface area contributed by atoms with Crippen LogP contribution in [-0.4, -0.2) is 39.4 Å². The number of rotatable bonds is 14. The Morgan fingerprint density at radius 3 is 2.50 bits per heavy atom. The lowest BCUT2D eigenvalue weighted by Gasteiger charge is -2.14. The molecule has 0 spiro atoms. The fourth-order valence-electron chi connectivity index (χ4n) is 3.21. The van der Waals surface area contributed by atoms with Crippen LogP contribution in [0, 0.1) is 0 Å². The molecule has 0 bridgehead atoms. The van der Waals surface area contributed by atoms with Gasteiger partial charge in [-0.1, -0.05) is 81.2 Å². The molecule has 1 amide bonds. The Morgan fingerprint density at radius 1 is 1.13 bits per heavy atom. The number of benzene rings is 1. The molecular weight excluding hydrogens is 418 g/mol. The van der Waals surface area contributed by atoms with Crippen molar-refractivity contribution in [2.45, 2.75) is 64.7 Å². The number of carbonyl (C=O) groups excluding carboxylic acids is 1. The number of para-hydroxylation sites is 1. The highest BCUT2D eigenvalue weighted by Gasteiger charge is 2.31. The van der Waals surface area contributed by atoms with E-state index >= 15 is 0 Å². The van der Waals surface area contributed by atoms with E-state index in [1.807, 2.05) is 30.3 Å². The third-order valence-corrected chi connectivity index (χ3v) is 6.19. The van der Waals surface area contributed by atoms with Crippen LogP contribution in [0.4, 0.5) is 0 Å². The summed E-state index contributed by atoms with van der Waals surface area (Å²) in [5.41, 5.74) is 0.898. The largest absolute Gasteiger partial charge is 0.493 e. The monoisotopic (exact) mass is 449 g/mol. The number of aliphatic carboxylic acids is 1. The Morgan fingerprint density at radius 2 is 1.80 bits per heavy atom. The highest BCUT2D eigenvalue weighted by Crippen LogP contribution is 2.34. The Labute approximate surface area is 188 Å². The van der Waals surface area contributed by atoms with E-state index in [1.54, 1.807) is 4.90 Å². The van der Waals surface area contributed by atoms with E-state index in [4.69, 9.17) is 22.1 Å². The summed E-state index contributed by atoms with van der Waals surface area (Å²) in [5.74, 6) is 0.0430. The molecule has 0 aromatic heterocycles. The van der Waals surface area contributed by atoms with Crippen molar-refractivity contribution < 1.29 is 19.4 Å². The summed E-state index contributed by atoms with van der Waals surface area (Å²) in [7, 11) is 0. The van der Waals surface area contributed by atoms with Crippen molar-refractivity contribution in [2.24, 2.45) is 0 Å². The van der Waals surface area contributed by atoms with E-state index in [1.165, 1.54) is 11.8 Å². The molecule has 7 heteroatoms. The highest BCUT2D eigenvalue weighted by molar-refractivity contribution is 8.26. The lowest BCUT2D eigenvalue weighted by molar-refractivity contribution is -0.137. The number of hydrogen-bond donors (Lipinski definition) is 1. The first-order valence-electron chi connectivity index (χ1n) is 10.7. The second kappa shape index (κ2) is 13.4. The molecule has 30 heavy (non-hydrogen) atoms. The zero-order chi connectivity index (χ0) is 21.8. The van der Waals surface area contributed by atoms with Crippen molar-refractivity contribution in [2.75, 3.05) is 13.2 Å². The van der Waals surface area contributed by atoms with Crippen molar-refractivity contribution in [1.82, 2.24) is 4.90 Å². The third kappa shape index (κ3) is 8.11. The average molecular weight is 450 g/mol. The molecule has 0 unspecified atom stereocenters. The van der Waals surface area contributed by atoms with Gasteiger partial charge in [-0.05, 0) is 31.4 Å². The maximum Gasteiger partial charge on any atom is 0.303 e. The number of unbranched alkanes of at least 4 members (excludes halogenated alkanes) is 6. The fourth-order valence-corrected chi connectivity index (χ4v) is 4.51. The number of hydrogen-bond acceptors (Lipinski definition) is 5. The van der Waals surface area contributed by atoms with Gasteiger partial charge in [-0.2, -0.15) is 0 Å². The van der Waals surface area contributed by atoms with E-state index in [0.29, 0.717) is 22.4 Å². The summed E-state index contributed by atoms with van der Waals surface area (Å²) in [6, 6.07) is 7.74. The molecule has 2 rings (SSSR count). The van der Waals surface area contributed by atoms with Crippen LogP contribution in [0.15, 0.2) is 29.2 Å². The summed E-state index contributed by atoms with van der Waals surface area (Å²) in [5, 5.41) is 8.63. The van der Waals surface area contributed by atoms with Crippen LogP contribution in [0.2, 0.25) is 0 Å². The van der Waals surface area contributed by atoms with Gasteiger partial charge in [-0.25, -0.2) is 0 Å².